The van der Waals surface area contributed by atoms with Gasteiger partial charge in [-0.3, -0.25) is 19.7 Å². The van der Waals surface area contributed by atoms with Gasteiger partial charge in [0, 0.05) is 22.6 Å². The van der Waals surface area contributed by atoms with E-state index in [1.165, 1.54) is 0 Å². The van der Waals surface area contributed by atoms with E-state index in [-0.39, 0.29) is 0 Å². The van der Waals surface area contributed by atoms with Crippen molar-refractivity contribution in [2.75, 3.05) is 20.8 Å². The fraction of sp³-hybridized carbons (Fsp3) is 0.385. The average Bonchev–Trinajstić information content (AvgIpc) is 2.45. The molecule has 10 heteroatoms. The normalized spacial score (nSPS) is 11.9. The van der Waals surface area contributed by atoms with Crippen molar-refractivity contribution in [3.8, 4) is 5.75 Å². The molecule has 0 fully saturated rings. The highest BCUT2D eigenvalue weighted by molar-refractivity contribution is 5.96. The molecule has 23 heavy (non-hydrogen) atoms. The van der Waals surface area contributed by atoms with Crippen LogP contribution in [0.3, 0.4) is 0 Å². The van der Waals surface area contributed by atoms with Crippen LogP contribution in [-0.4, -0.2) is 42.7 Å². The topological polar surface area (TPSA) is 116 Å². The first-order valence-electron chi connectivity index (χ1n) is 6.18. The van der Waals surface area contributed by atoms with Gasteiger partial charge in [-0.15, -0.1) is 0 Å². The number of benzene rings is 1. The number of methoxy groups -OCH3 is 2. The molecule has 0 saturated carbocycles. The third-order valence-electron chi connectivity index (χ3n) is 3.09. The zero-order valence-electron chi connectivity index (χ0n) is 12.1. The number of phenolic OH excluding ortho intramolecular Hbond substituents is 1. The summed E-state index contributed by atoms with van der Waals surface area (Å²) in [5.41, 5.74) is -0.889. The maximum atomic E-state index is 14.0. The Kier molecular flexibility index (Phi) is 5.94. The molecular weight excluding hydrogens is 320 g/mol. The summed E-state index contributed by atoms with van der Waals surface area (Å²) in [6.45, 7) is -1.13. The second kappa shape index (κ2) is 7.47. The third-order valence-corrected chi connectivity index (χ3v) is 3.09. The van der Waals surface area contributed by atoms with Crippen LogP contribution in [0.4, 0.5) is 8.78 Å². The summed E-state index contributed by atoms with van der Waals surface area (Å²) >= 11 is 0. The number of phenols is 1. The molecule has 0 saturated heterocycles. The zero-order valence-corrected chi connectivity index (χ0v) is 12.1. The molecule has 0 aromatic heterocycles. The van der Waals surface area contributed by atoms with Crippen molar-refractivity contribution in [1.82, 2.24) is 0 Å². The Morgan fingerprint density at radius 3 is 2.00 bits per heavy atom. The van der Waals surface area contributed by atoms with E-state index in [0.717, 1.165) is 14.2 Å². The largest absolute Gasteiger partial charge is 0.508 e. The summed E-state index contributed by atoms with van der Waals surface area (Å²) in [6.07, 6.45) is 0. The molecule has 1 aromatic rings. The van der Waals surface area contributed by atoms with E-state index >= 15 is 0 Å². The second-order valence-corrected chi connectivity index (χ2v) is 4.47. The van der Waals surface area contributed by atoms with Crippen LogP contribution in [-0.2, 0) is 19.1 Å². The summed E-state index contributed by atoms with van der Waals surface area (Å²) in [5.74, 6) is -9.67. The molecule has 1 aromatic carbocycles. The molecule has 0 heterocycles. The highest BCUT2D eigenvalue weighted by atomic mass is 19.1. The van der Waals surface area contributed by atoms with Crippen LogP contribution in [0.15, 0.2) is 12.1 Å². The van der Waals surface area contributed by atoms with Crippen molar-refractivity contribution in [2.45, 2.75) is 5.92 Å². The Balaban J connectivity index is 3.52. The molecule has 126 valence electrons. The quantitative estimate of drug-likeness (QED) is 0.357. The molecule has 0 bridgehead atoms. The van der Waals surface area contributed by atoms with Gasteiger partial charge in [0.1, 0.15) is 17.4 Å². The maximum absolute atomic E-state index is 14.0. The van der Waals surface area contributed by atoms with Gasteiger partial charge in [-0.2, -0.15) is 0 Å². The monoisotopic (exact) mass is 333 g/mol. The molecule has 0 aliphatic rings. The lowest BCUT2D eigenvalue weighted by Gasteiger charge is -2.21. The van der Waals surface area contributed by atoms with Crippen LogP contribution in [0.1, 0.15) is 11.5 Å². The first kappa shape index (κ1) is 18.3. The van der Waals surface area contributed by atoms with Crippen LogP contribution in [0.5, 0.6) is 5.75 Å². The summed E-state index contributed by atoms with van der Waals surface area (Å²) in [7, 11) is 1.82. The van der Waals surface area contributed by atoms with Gasteiger partial charge in [-0.05, 0) is 0 Å². The average molecular weight is 333 g/mol. The van der Waals surface area contributed by atoms with Gasteiger partial charge in [-0.1, -0.05) is 0 Å². The molecule has 1 N–H and O–H groups in total. The van der Waals surface area contributed by atoms with E-state index in [1.807, 2.05) is 0 Å². The summed E-state index contributed by atoms with van der Waals surface area (Å²) in [6, 6.07) is 1.02. The molecule has 0 amide bonds. The second-order valence-electron chi connectivity index (χ2n) is 4.47. The van der Waals surface area contributed by atoms with Crippen molar-refractivity contribution < 1.29 is 37.9 Å². The summed E-state index contributed by atoms with van der Waals surface area (Å²) in [5, 5.41) is 19.9. The van der Waals surface area contributed by atoms with Gasteiger partial charge in [0.05, 0.1) is 20.1 Å². The molecule has 1 unspecified atom stereocenters. The number of hydrogen-bond donors (Lipinski definition) is 1. The van der Waals surface area contributed by atoms with E-state index in [0.29, 0.717) is 12.1 Å². The molecule has 0 radical (unpaired) electrons. The molecular formula is C13H13F2NO7. The number of nitrogens with zero attached hydrogens (tertiary/aromatic N) is 1. The van der Waals surface area contributed by atoms with Gasteiger partial charge < -0.3 is 14.6 Å². The van der Waals surface area contributed by atoms with Crippen LogP contribution in [0, 0.1) is 27.7 Å². The van der Waals surface area contributed by atoms with Crippen LogP contribution in [0.2, 0.25) is 0 Å². The number of hydrogen-bond acceptors (Lipinski definition) is 7. The smallest absolute Gasteiger partial charge is 0.320 e. The highest BCUT2D eigenvalue weighted by Gasteiger charge is 2.43. The van der Waals surface area contributed by atoms with Gasteiger partial charge in [0.15, 0.2) is 5.92 Å². The Hall–Kier alpha value is -2.78. The van der Waals surface area contributed by atoms with Crippen LogP contribution < -0.4 is 0 Å². The highest BCUT2D eigenvalue weighted by Crippen LogP contribution is 2.33. The van der Waals surface area contributed by atoms with Crippen molar-refractivity contribution >= 4 is 11.9 Å². The van der Waals surface area contributed by atoms with Crippen molar-refractivity contribution in [1.29, 1.82) is 0 Å². The van der Waals surface area contributed by atoms with Crippen molar-refractivity contribution in [3.05, 3.63) is 39.4 Å². The minimum absolute atomic E-state index is 0.511. The maximum Gasteiger partial charge on any atom is 0.320 e. The fourth-order valence-electron chi connectivity index (χ4n) is 2.13. The number of rotatable bonds is 6. The van der Waals surface area contributed by atoms with Crippen LogP contribution >= 0.6 is 0 Å². The summed E-state index contributed by atoms with van der Waals surface area (Å²) < 4.78 is 36.7. The minimum Gasteiger partial charge on any atom is -0.508 e. The lowest BCUT2D eigenvalue weighted by molar-refractivity contribution is -0.484. The molecule has 0 spiro atoms. The SMILES string of the molecule is COC(=O)C(C(=O)OC)C(C[N+](=O)[O-])c1c(F)cc(O)cc1F. The first-order valence-corrected chi connectivity index (χ1v) is 6.18. The fourth-order valence-corrected chi connectivity index (χ4v) is 2.13. The van der Waals surface area contributed by atoms with Gasteiger partial charge in [0.2, 0.25) is 6.54 Å². The van der Waals surface area contributed by atoms with E-state index in [2.05, 4.69) is 9.47 Å². The van der Waals surface area contributed by atoms with Gasteiger partial charge >= 0.3 is 11.9 Å². The predicted molar refractivity (Wildman–Crippen MR) is 70.1 cm³/mol. The number of esters is 2. The van der Waals surface area contributed by atoms with E-state index in [4.69, 9.17) is 5.11 Å². The number of aromatic hydroxyl groups is 1. The first-order chi connectivity index (χ1) is 10.7. The Morgan fingerprint density at radius 2 is 1.65 bits per heavy atom. The van der Waals surface area contributed by atoms with E-state index < -0.39 is 58.2 Å². The molecule has 1 atom stereocenters. The van der Waals surface area contributed by atoms with Gasteiger partial charge in [-0.25, -0.2) is 8.78 Å². The number of carbonyl (C=O) groups excluding carboxylic acids is 2. The predicted octanol–water partition coefficient (Wildman–Crippen LogP) is 0.993. The zero-order chi connectivity index (χ0) is 17.7. The van der Waals surface area contributed by atoms with E-state index in [9.17, 15) is 28.5 Å². The number of ether oxygens (including phenoxy) is 2. The van der Waals surface area contributed by atoms with Crippen molar-refractivity contribution in [3.63, 3.8) is 0 Å². The standard InChI is InChI=1S/C13H13F2NO7/c1-22-12(18)11(13(19)23-2)7(5-16(20)21)10-8(14)3-6(17)4-9(10)15/h3-4,7,11,17H,5H2,1-2H3. The molecule has 8 nitrogen and oxygen atoms in total. The van der Waals surface area contributed by atoms with Crippen molar-refractivity contribution in [2.24, 2.45) is 5.92 Å². The molecule has 0 aliphatic heterocycles. The van der Waals surface area contributed by atoms with E-state index in [1.54, 1.807) is 0 Å². The minimum atomic E-state index is -1.94. The molecule has 0 aliphatic carbocycles. The summed E-state index contributed by atoms with van der Waals surface area (Å²) in [4.78, 5) is 33.4. The third kappa shape index (κ3) is 4.11. The Bertz CT molecular complexity index is 596. The lowest BCUT2D eigenvalue weighted by atomic mass is 9.85. The number of nitro groups is 1. The van der Waals surface area contributed by atoms with Crippen LogP contribution in [0.25, 0.3) is 0 Å². The van der Waals surface area contributed by atoms with Gasteiger partial charge in [0.25, 0.3) is 0 Å². The number of halogens is 2. The Morgan fingerprint density at radius 1 is 1.22 bits per heavy atom. The lowest BCUT2D eigenvalue weighted by Crippen LogP contribution is -2.36. The Labute approximate surface area is 128 Å². The number of carbonyl (C=O) groups is 2. The molecule has 1 rings (SSSR count).